The molecule has 0 aromatic heterocycles. The topological polar surface area (TPSA) is 99.4 Å². The minimum atomic E-state index is -1.33. The fourth-order valence-electron chi connectivity index (χ4n) is 1.33. The van der Waals surface area contributed by atoms with Crippen LogP contribution in [0.2, 0.25) is 0 Å². The van der Waals surface area contributed by atoms with Crippen molar-refractivity contribution in [3.05, 3.63) is 0 Å². The van der Waals surface area contributed by atoms with Crippen LogP contribution in [-0.4, -0.2) is 64.8 Å². The predicted octanol–water partition coefficient (Wildman–Crippen LogP) is -2.57. The Kier molecular flexibility index (Phi) is 3.60. The summed E-state index contributed by atoms with van der Waals surface area (Å²) in [6.45, 7) is -0.467. The first-order chi connectivity index (χ1) is 6.11. The maximum atomic E-state index is 9.38. The van der Waals surface area contributed by atoms with Gasteiger partial charge in [0.05, 0.1) is 6.61 Å². The largest absolute Gasteiger partial charge is 0.394 e. The van der Waals surface area contributed by atoms with Gasteiger partial charge in [-0.05, 0) is 0 Å². The van der Waals surface area contributed by atoms with Crippen LogP contribution in [-0.2, 0) is 9.47 Å². The molecule has 5 atom stereocenters. The molecule has 0 spiro atoms. The third kappa shape index (κ3) is 1.98. The second-order valence-corrected chi connectivity index (χ2v) is 2.93. The van der Waals surface area contributed by atoms with Crippen molar-refractivity contribution < 1.29 is 29.9 Å². The van der Waals surface area contributed by atoms with Crippen LogP contribution in [0.5, 0.6) is 0 Å². The molecule has 0 aromatic carbocycles. The Morgan fingerprint density at radius 2 is 1.85 bits per heavy atom. The van der Waals surface area contributed by atoms with Crippen molar-refractivity contribution in [2.75, 3.05) is 13.7 Å². The average Bonchev–Trinajstić information content (AvgIpc) is 2.12. The maximum absolute atomic E-state index is 9.38. The van der Waals surface area contributed by atoms with Crippen molar-refractivity contribution in [3.63, 3.8) is 0 Å². The Hall–Kier alpha value is -0.240. The van der Waals surface area contributed by atoms with Gasteiger partial charge in [0.2, 0.25) is 0 Å². The quantitative estimate of drug-likeness (QED) is 0.386. The van der Waals surface area contributed by atoms with Gasteiger partial charge in [-0.25, -0.2) is 0 Å². The molecule has 4 N–H and O–H groups in total. The van der Waals surface area contributed by atoms with Crippen LogP contribution in [0.25, 0.3) is 0 Å². The van der Waals surface area contributed by atoms with Crippen molar-refractivity contribution in [2.45, 2.75) is 30.7 Å². The lowest BCUT2D eigenvalue weighted by molar-refractivity contribution is -0.291. The monoisotopic (exact) mass is 194 g/mol. The molecule has 0 aliphatic carbocycles. The van der Waals surface area contributed by atoms with Crippen LogP contribution in [0.15, 0.2) is 0 Å². The summed E-state index contributed by atoms with van der Waals surface area (Å²) in [6, 6.07) is 0. The van der Waals surface area contributed by atoms with Crippen molar-refractivity contribution in [3.8, 4) is 0 Å². The molecule has 13 heavy (non-hydrogen) atoms. The molecule has 6 heteroatoms. The number of methoxy groups -OCH3 is 1. The zero-order valence-electron chi connectivity index (χ0n) is 7.20. The van der Waals surface area contributed by atoms with Crippen LogP contribution in [0.1, 0.15) is 0 Å². The lowest BCUT2D eigenvalue weighted by atomic mass is 9.99. The molecule has 1 aliphatic rings. The third-order valence-corrected chi connectivity index (χ3v) is 2.11. The highest BCUT2D eigenvalue weighted by Gasteiger charge is 2.43. The molecule has 0 saturated carbocycles. The fourth-order valence-corrected chi connectivity index (χ4v) is 1.33. The van der Waals surface area contributed by atoms with Gasteiger partial charge in [-0.1, -0.05) is 0 Å². The first-order valence-electron chi connectivity index (χ1n) is 3.95. The third-order valence-electron chi connectivity index (χ3n) is 2.11. The SMILES string of the molecule is CO[C@H]1[C@H](O)[C@@H](O)[C@H](CO)O[C@H]1O. The molecule has 78 valence electrons. The zero-order valence-corrected chi connectivity index (χ0v) is 7.20. The van der Waals surface area contributed by atoms with Gasteiger partial charge in [-0.15, -0.1) is 0 Å². The van der Waals surface area contributed by atoms with Gasteiger partial charge in [0.25, 0.3) is 0 Å². The summed E-state index contributed by atoms with van der Waals surface area (Å²) in [6.07, 6.45) is -5.81. The highest BCUT2D eigenvalue weighted by molar-refractivity contribution is 4.88. The number of ether oxygens (including phenoxy) is 2. The summed E-state index contributed by atoms with van der Waals surface area (Å²) >= 11 is 0. The molecule has 0 radical (unpaired) electrons. The second-order valence-electron chi connectivity index (χ2n) is 2.93. The lowest BCUT2D eigenvalue weighted by Crippen LogP contribution is -2.59. The molecule has 6 nitrogen and oxygen atoms in total. The molecular weight excluding hydrogens is 180 g/mol. The van der Waals surface area contributed by atoms with Crippen molar-refractivity contribution >= 4 is 0 Å². The average molecular weight is 194 g/mol. The van der Waals surface area contributed by atoms with E-state index in [1.165, 1.54) is 7.11 Å². The first-order valence-corrected chi connectivity index (χ1v) is 3.95. The molecule has 0 aromatic rings. The second kappa shape index (κ2) is 4.32. The van der Waals surface area contributed by atoms with E-state index >= 15 is 0 Å². The number of aliphatic hydroxyl groups excluding tert-OH is 4. The van der Waals surface area contributed by atoms with Crippen LogP contribution >= 0.6 is 0 Å². The van der Waals surface area contributed by atoms with Gasteiger partial charge in [-0.3, -0.25) is 0 Å². The van der Waals surface area contributed by atoms with E-state index < -0.39 is 37.3 Å². The van der Waals surface area contributed by atoms with E-state index in [9.17, 15) is 15.3 Å². The molecule has 1 saturated heterocycles. The number of aliphatic hydroxyl groups is 4. The summed E-state index contributed by atoms with van der Waals surface area (Å²) in [7, 11) is 1.28. The standard InChI is InChI=1S/C7H14O6/c1-12-6-5(10)4(9)3(2-8)13-7(6)11/h3-11H,2H2,1H3/t3-,4-,5+,6-,7+/m0/s1. The molecule has 0 amide bonds. The molecule has 0 unspecified atom stereocenters. The van der Waals surface area contributed by atoms with Crippen LogP contribution in [0.4, 0.5) is 0 Å². The van der Waals surface area contributed by atoms with Gasteiger partial charge < -0.3 is 29.9 Å². The van der Waals surface area contributed by atoms with E-state index in [1.807, 2.05) is 0 Å². The van der Waals surface area contributed by atoms with Gasteiger partial charge in [0, 0.05) is 7.11 Å². The van der Waals surface area contributed by atoms with Gasteiger partial charge in [0.1, 0.15) is 24.4 Å². The highest BCUT2D eigenvalue weighted by atomic mass is 16.7. The number of rotatable bonds is 2. The minimum Gasteiger partial charge on any atom is -0.394 e. The van der Waals surface area contributed by atoms with Gasteiger partial charge in [-0.2, -0.15) is 0 Å². The summed E-state index contributed by atoms with van der Waals surface area (Å²) in [5.74, 6) is 0. The molecule has 1 heterocycles. The maximum Gasteiger partial charge on any atom is 0.184 e. The Labute approximate surface area is 75.3 Å². The van der Waals surface area contributed by atoms with Gasteiger partial charge in [0.15, 0.2) is 6.29 Å². The van der Waals surface area contributed by atoms with E-state index in [2.05, 4.69) is 0 Å². The van der Waals surface area contributed by atoms with E-state index in [1.54, 1.807) is 0 Å². The molecule has 1 aliphatic heterocycles. The summed E-state index contributed by atoms with van der Waals surface area (Å²) in [4.78, 5) is 0. The number of hydrogen-bond donors (Lipinski definition) is 4. The normalized spacial score (nSPS) is 46.4. The predicted molar refractivity (Wildman–Crippen MR) is 40.8 cm³/mol. The van der Waals surface area contributed by atoms with Crippen molar-refractivity contribution in [1.29, 1.82) is 0 Å². The van der Waals surface area contributed by atoms with Crippen molar-refractivity contribution in [1.82, 2.24) is 0 Å². The smallest absolute Gasteiger partial charge is 0.184 e. The number of hydrogen-bond acceptors (Lipinski definition) is 6. The van der Waals surface area contributed by atoms with E-state index in [4.69, 9.17) is 14.6 Å². The highest BCUT2D eigenvalue weighted by Crippen LogP contribution is 2.21. The fraction of sp³-hybridized carbons (Fsp3) is 1.00. The van der Waals surface area contributed by atoms with Crippen LogP contribution in [0, 0.1) is 0 Å². The lowest BCUT2D eigenvalue weighted by Gasteiger charge is -2.39. The Morgan fingerprint density at radius 1 is 1.23 bits per heavy atom. The van der Waals surface area contributed by atoms with E-state index in [-0.39, 0.29) is 0 Å². The Balaban J connectivity index is 2.66. The molecule has 0 bridgehead atoms. The Morgan fingerprint density at radius 3 is 2.31 bits per heavy atom. The summed E-state index contributed by atoms with van der Waals surface area (Å²) in [5, 5.41) is 36.7. The molecule has 1 fully saturated rings. The Bertz CT molecular complexity index is 163. The summed E-state index contributed by atoms with van der Waals surface area (Å²) in [5.41, 5.74) is 0. The summed E-state index contributed by atoms with van der Waals surface area (Å²) < 4.78 is 9.50. The van der Waals surface area contributed by atoms with Gasteiger partial charge >= 0.3 is 0 Å². The van der Waals surface area contributed by atoms with E-state index in [0.717, 1.165) is 0 Å². The molecular formula is C7H14O6. The zero-order chi connectivity index (χ0) is 10.0. The van der Waals surface area contributed by atoms with Crippen LogP contribution in [0.3, 0.4) is 0 Å². The first kappa shape index (κ1) is 10.8. The minimum absolute atomic E-state index is 0.467. The molecule has 1 rings (SSSR count). The van der Waals surface area contributed by atoms with E-state index in [0.29, 0.717) is 0 Å². The van der Waals surface area contributed by atoms with Crippen LogP contribution < -0.4 is 0 Å². The van der Waals surface area contributed by atoms with Crippen molar-refractivity contribution in [2.24, 2.45) is 0 Å².